The van der Waals surface area contributed by atoms with E-state index in [2.05, 4.69) is 86.7 Å². The van der Waals surface area contributed by atoms with Crippen LogP contribution < -0.4 is 0 Å². The predicted octanol–water partition coefficient (Wildman–Crippen LogP) is 5.88. The fourth-order valence-electron chi connectivity index (χ4n) is 4.13. The van der Waals surface area contributed by atoms with E-state index in [4.69, 9.17) is 0 Å². The Morgan fingerprint density at radius 2 is 1.05 bits per heavy atom. The van der Waals surface area contributed by atoms with Gasteiger partial charge in [0.2, 0.25) is 0 Å². The molecule has 0 saturated carbocycles. The lowest BCUT2D eigenvalue weighted by atomic mass is 9.74. The van der Waals surface area contributed by atoms with Crippen molar-refractivity contribution in [3.05, 3.63) is 82.9 Å². The van der Waals surface area contributed by atoms with Crippen LogP contribution in [0.4, 0.5) is 0 Å². The smallest absolute Gasteiger partial charge is 0.00557 e. The lowest BCUT2D eigenvalue weighted by Crippen LogP contribution is -2.20. The van der Waals surface area contributed by atoms with E-state index in [9.17, 15) is 0 Å². The average Bonchev–Trinajstić information content (AvgIpc) is 3.17. The second kappa shape index (κ2) is 5.28. The van der Waals surface area contributed by atoms with Crippen LogP contribution in [0.3, 0.4) is 0 Å². The van der Waals surface area contributed by atoms with Crippen molar-refractivity contribution < 1.29 is 0 Å². The molecule has 0 heteroatoms. The van der Waals surface area contributed by atoms with Crippen LogP contribution in [0, 0.1) is 11.8 Å². The second-order valence-electron chi connectivity index (χ2n) is 6.75. The normalized spacial score (nSPS) is 24.1. The summed E-state index contributed by atoms with van der Waals surface area (Å²) in [6.07, 6.45) is 9.39. The van der Waals surface area contributed by atoms with Gasteiger partial charge in [-0.15, -0.1) is 0 Å². The van der Waals surface area contributed by atoms with E-state index < -0.39 is 0 Å². The van der Waals surface area contributed by atoms with E-state index in [1.54, 1.807) is 0 Å². The number of hydrogen-bond acceptors (Lipinski definition) is 0. The molecule has 0 bridgehead atoms. The number of hydrogen-bond donors (Lipinski definition) is 0. The number of rotatable bonds is 3. The van der Waals surface area contributed by atoms with Gasteiger partial charge in [-0.05, 0) is 34.1 Å². The summed E-state index contributed by atoms with van der Waals surface area (Å²) in [5.41, 5.74) is 5.79. The topological polar surface area (TPSA) is 0 Å². The molecule has 0 N–H and O–H groups in total. The molecule has 2 aromatic carbocycles. The Labute approximate surface area is 133 Å². The third-order valence-electron chi connectivity index (χ3n) is 5.64. The number of allylic oxidation sites excluding steroid dienone is 2. The van der Waals surface area contributed by atoms with Gasteiger partial charge in [0.25, 0.3) is 0 Å². The molecule has 22 heavy (non-hydrogen) atoms. The molecule has 2 aliphatic carbocycles. The molecular weight excluding hydrogens is 264 g/mol. The summed E-state index contributed by atoms with van der Waals surface area (Å²) in [5.74, 6) is 2.35. The van der Waals surface area contributed by atoms with Crippen molar-refractivity contribution in [1.29, 1.82) is 0 Å². The first kappa shape index (κ1) is 13.6. The van der Waals surface area contributed by atoms with Gasteiger partial charge in [0.15, 0.2) is 0 Å². The highest BCUT2D eigenvalue weighted by atomic mass is 14.4. The van der Waals surface area contributed by atoms with Crippen molar-refractivity contribution >= 4 is 12.2 Å². The van der Waals surface area contributed by atoms with Crippen molar-refractivity contribution in [2.45, 2.75) is 25.7 Å². The van der Waals surface area contributed by atoms with Crippen LogP contribution in [-0.4, -0.2) is 0 Å². The van der Waals surface area contributed by atoms with Gasteiger partial charge < -0.3 is 0 Å². The molecule has 4 atom stereocenters. The Kier molecular flexibility index (Phi) is 3.26. The second-order valence-corrected chi connectivity index (χ2v) is 6.75. The van der Waals surface area contributed by atoms with Gasteiger partial charge in [-0.25, -0.2) is 0 Å². The summed E-state index contributed by atoms with van der Waals surface area (Å²) in [6.45, 7) is 4.83. The van der Waals surface area contributed by atoms with Crippen molar-refractivity contribution in [2.24, 2.45) is 11.8 Å². The summed E-state index contributed by atoms with van der Waals surface area (Å²) < 4.78 is 0. The molecule has 4 rings (SSSR count). The molecule has 0 saturated heterocycles. The maximum Gasteiger partial charge on any atom is 0.00557 e. The zero-order chi connectivity index (χ0) is 15.1. The van der Waals surface area contributed by atoms with E-state index in [1.165, 1.54) is 22.3 Å². The van der Waals surface area contributed by atoms with Crippen molar-refractivity contribution in [1.82, 2.24) is 0 Å². The molecule has 0 fully saturated rings. The highest BCUT2D eigenvalue weighted by molar-refractivity contribution is 5.64. The quantitative estimate of drug-likeness (QED) is 0.661. The van der Waals surface area contributed by atoms with E-state index in [0.29, 0.717) is 23.7 Å². The van der Waals surface area contributed by atoms with Crippen LogP contribution in [0.1, 0.15) is 47.9 Å². The number of benzene rings is 2. The summed E-state index contributed by atoms with van der Waals surface area (Å²) in [6, 6.07) is 17.7. The highest BCUT2D eigenvalue weighted by Gasteiger charge is 2.32. The summed E-state index contributed by atoms with van der Waals surface area (Å²) >= 11 is 0. The minimum atomic E-state index is 0.548. The zero-order valence-electron chi connectivity index (χ0n) is 13.2. The molecule has 0 aliphatic heterocycles. The van der Waals surface area contributed by atoms with Gasteiger partial charge in [-0.2, -0.15) is 0 Å². The Morgan fingerprint density at radius 1 is 0.636 bits per heavy atom. The summed E-state index contributed by atoms with van der Waals surface area (Å²) in [4.78, 5) is 0. The van der Waals surface area contributed by atoms with E-state index in [0.717, 1.165) is 0 Å². The summed E-state index contributed by atoms with van der Waals surface area (Å²) in [7, 11) is 0. The molecule has 0 radical (unpaired) electrons. The van der Waals surface area contributed by atoms with Gasteiger partial charge in [-0.1, -0.05) is 86.7 Å². The highest BCUT2D eigenvalue weighted by Crippen LogP contribution is 2.45. The molecule has 2 aliphatic rings. The SMILES string of the molecule is C[C@H](C1C=Cc2ccccc21)[C@H](C)C1C=Cc2ccccc21. The third-order valence-corrected chi connectivity index (χ3v) is 5.64. The predicted molar refractivity (Wildman–Crippen MR) is 94.8 cm³/mol. The molecule has 0 amide bonds. The molecule has 2 unspecified atom stereocenters. The molecular formula is C22H22. The van der Waals surface area contributed by atoms with Crippen LogP contribution in [0.2, 0.25) is 0 Å². The van der Waals surface area contributed by atoms with Gasteiger partial charge in [0.05, 0.1) is 0 Å². The van der Waals surface area contributed by atoms with E-state index >= 15 is 0 Å². The lowest BCUT2D eigenvalue weighted by molar-refractivity contribution is 0.333. The van der Waals surface area contributed by atoms with Crippen LogP contribution in [-0.2, 0) is 0 Å². The fourth-order valence-corrected chi connectivity index (χ4v) is 4.13. The third kappa shape index (κ3) is 2.06. The molecule has 2 aromatic rings. The van der Waals surface area contributed by atoms with Gasteiger partial charge in [0, 0.05) is 11.8 Å². The van der Waals surface area contributed by atoms with Crippen molar-refractivity contribution in [3.63, 3.8) is 0 Å². The standard InChI is InChI=1S/C22H22/c1-15(19-13-11-17-7-3-5-9-21(17)19)16(2)20-14-12-18-8-4-6-10-22(18)20/h3-16,19-20H,1-2H3/t15-,16-,19?,20?/m0/s1. The maximum atomic E-state index is 2.41. The summed E-state index contributed by atoms with van der Waals surface area (Å²) in [5, 5.41) is 0. The van der Waals surface area contributed by atoms with Crippen LogP contribution in [0.25, 0.3) is 12.2 Å². The van der Waals surface area contributed by atoms with E-state index in [-0.39, 0.29) is 0 Å². The van der Waals surface area contributed by atoms with Crippen LogP contribution >= 0.6 is 0 Å². The molecule has 0 heterocycles. The molecule has 0 spiro atoms. The minimum absolute atomic E-state index is 0.548. The largest absolute Gasteiger partial charge is 0.0761 e. The first-order chi connectivity index (χ1) is 10.8. The average molecular weight is 286 g/mol. The number of fused-ring (bicyclic) bond motifs is 2. The maximum absolute atomic E-state index is 2.41. The Bertz CT molecular complexity index is 685. The van der Waals surface area contributed by atoms with Gasteiger partial charge >= 0.3 is 0 Å². The first-order valence-corrected chi connectivity index (χ1v) is 8.30. The Balaban J connectivity index is 1.61. The Morgan fingerprint density at radius 3 is 1.50 bits per heavy atom. The van der Waals surface area contributed by atoms with E-state index in [1.807, 2.05) is 0 Å². The van der Waals surface area contributed by atoms with Crippen LogP contribution in [0.15, 0.2) is 60.7 Å². The van der Waals surface area contributed by atoms with Gasteiger partial charge in [0.1, 0.15) is 0 Å². The van der Waals surface area contributed by atoms with Crippen LogP contribution in [0.5, 0.6) is 0 Å². The van der Waals surface area contributed by atoms with Crippen molar-refractivity contribution in [3.8, 4) is 0 Å². The molecule has 0 aromatic heterocycles. The minimum Gasteiger partial charge on any atom is -0.0761 e. The zero-order valence-corrected chi connectivity index (χ0v) is 13.2. The first-order valence-electron chi connectivity index (χ1n) is 8.30. The van der Waals surface area contributed by atoms with Crippen molar-refractivity contribution in [2.75, 3.05) is 0 Å². The fraction of sp³-hybridized carbons (Fsp3) is 0.273. The molecule has 110 valence electrons. The molecule has 0 nitrogen and oxygen atoms in total. The Hall–Kier alpha value is -2.08. The lowest BCUT2D eigenvalue weighted by Gasteiger charge is -2.30. The monoisotopic (exact) mass is 286 g/mol. The van der Waals surface area contributed by atoms with Gasteiger partial charge in [-0.3, -0.25) is 0 Å².